The summed E-state index contributed by atoms with van der Waals surface area (Å²) in [5.74, 6) is 0.605. The summed E-state index contributed by atoms with van der Waals surface area (Å²) in [6.07, 6.45) is 1.95. The second-order valence-electron chi connectivity index (χ2n) is 5.27. The molecule has 3 unspecified atom stereocenters. The highest BCUT2D eigenvalue weighted by Gasteiger charge is 2.45. The van der Waals surface area contributed by atoms with Gasteiger partial charge in [-0.1, -0.05) is 20.8 Å². The van der Waals surface area contributed by atoms with Gasteiger partial charge in [0, 0.05) is 13.7 Å². The van der Waals surface area contributed by atoms with Crippen molar-refractivity contribution in [1.29, 1.82) is 0 Å². The minimum absolute atomic E-state index is 0.173. The average Bonchev–Trinajstić information content (AvgIpc) is 2.55. The van der Waals surface area contributed by atoms with Crippen molar-refractivity contribution < 1.29 is 9.53 Å². The molecule has 1 heterocycles. The van der Waals surface area contributed by atoms with E-state index in [9.17, 15) is 4.79 Å². The molecule has 1 N–H and O–H groups in total. The Bertz CT molecular complexity index is 270. The molecule has 1 saturated heterocycles. The minimum atomic E-state index is -0.381. The summed E-state index contributed by atoms with van der Waals surface area (Å²) in [5.41, 5.74) is -0.381. The number of carbonyl (C=O) groups excluding carboxylic acids is 1. The highest BCUT2D eigenvalue weighted by Crippen LogP contribution is 2.25. The second-order valence-corrected chi connectivity index (χ2v) is 5.27. The second kappa shape index (κ2) is 5.83. The van der Waals surface area contributed by atoms with Crippen LogP contribution in [0.1, 0.15) is 40.5 Å². The Labute approximate surface area is 105 Å². The number of hydrogen-bond acceptors (Lipinski definition) is 3. The Morgan fingerprint density at radius 1 is 1.53 bits per heavy atom. The molecule has 1 rings (SSSR count). The van der Waals surface area contributed by atoms with Crippen LogP contribution in [0.3, 0.4) is 0 Å². The monoisotopic (exact) mass is 242 g/mol. The van der Waals surface area contributed by atoms with Crippen LogP contribution in [-0.4, -0.2) is 42.8 Å². The molecule has 4 heteroatoms. The van der Waals surface area contributed by atoms with Crippen LogP contribution in [0.2, 0.25) is 0 Å². The zero-order valence-corrected chi connectivity index (χ0v) is 11.7. The summed E-state index contributed by atoms with van der Waals surface area (Å²) in [4.78, 5) is 14.4. The fourth-order valence-electron chi connectivity index (χ4n) is 2.42. The Balaban J connectivity index is 2.72. The zero-order valence-electron chi connectivity index (χ0n) is 11.7. The van der Waals surface area contributed by atoms with E-state index < -0.39 is 0 Å². The van der Waals surface area contributed by atoms with E-state index in [0.29, 0.717) is 12.5 Å². The van der Waals surface area contributed by atoms with Gasteiger partial charge in [-0.15, -0.1) is 0 Å². The molecule has 0 aromatic rings. The van der Waals surface area contributed by atoms with Crippen LogP contribution in [0.4, 0.5) is 0 Å². The quantitative estimate of drug-likeness (QED) is 0.769. The molecule has 0 saturated carbocycles. The van der Waals surface area contributed by atoms with Crippen LogP contribution in [0, 0.1) is 5.92 Å². The molecule has 0 aromatic carbocycles. The summed E-state index contributed by atoms with van der Waals surface area (Å²) in [7, 11) is 1.70. The first-order valence-corrected chi connectivity index (χ1v) is 6.56. The molecule has 17 heavy (non-hydrogen) atoms. The van der Waals surface area contributed by atoms with E-state index in [1.807, 2.05) is 11.8 Å². The van der Waals surface area contributed by atoms with Crippen LogP contribution in [0.15, 0.2) is 0 Å². The number of hydrogen-bond donors (Lipinski definition) is 1. The van der Waals surface area contributed by atoms with Gasteiger partial charge in [0.15, 0.2) is 0 Å². The first-order valence-electron chi connectivity index (χ1n) is 6.56. The van der Waals surface area contributed by atoms with Crippen LogP contribution < -0.4 is 5.32 Å². The Hall–Kier alpha value is -0.610. The van der Waals surface area contributed by atoms with Crippen molar-refractivity contribution in [3.05, 3.63) is 0 Å². The van der Waals surface area contributed by atoms with E-state index in [1.54, 1.807) is 7.11 Å². The first kappa shape index (κ1) is 14.5. The van der Waals surface area contributed by atoms with Crippen LogP contribution in [0.5, 0.6) is 0 Å². The third kappa shape index (κ3) is 2.99. The van der Waals surface area contributed by atoms with Gasteiger partial charge in [-0.05, 0) is 25.7 Å². The molecule has 0 spiro atoms. The lowest BCUT2D eigenvalue weighted by molar-refractivity contribution is -0.133. The fourth-order valence-corrected chi connectivity index (χ4v) is 2.42. The molecule has 100 valence electrons. The molecule has 1 aliphatic heterocycles. The zero-order chi connectivity index (χ0) is 13.1. The summed E-state index contributed by atoms with van der Waals surface area (Å²) in [6.45, 7) is 9.75. The number of nitrogens with zero attached hydrogens (tertiary/aromatic N) is 1. The van der Waals surface area contributed by atoms with Gasteiger partial charge in [-0.3, -0.25) is 10.1 Å². The van der Waals surface area contributed by atoms with Gasteiger partial charge < -0.3 is 9.64 Å². The van der Waals surface area contributed by atoms with E-state index in [2.05, 4.69) is 26.1 Å². The van der Waals surface area contributed by atoms with Crippen molar-refractivity contribution in [1.82, 2.24) is 10.2 Å². The predicted octanol–water partition coefficient (Wildman–Crippen LogP) is 1.61. The van der Waals surface area contributed by atoms with Gasteiger partial charge in [-0.2, -0.15) is 0 Å². The van der Waals surface area contributed by atoms with Crippen LogP contribution >= 0.6 is 0 Å². The summed E-state index contributed by atoms with van der Waals surface area (Å²) >= 11 is 0. The minimum Gasteiger partial charge on any atom is -0.384 e. The largest absolute Gasteiger partial charge is 0.384 e. The van der Waals surface area contributed by atoms with Crippen molar-refractivity contribution in [2.24, 2.45) is 5.92 Å². The Morgan fingerprint density at radius 2 is 2.18 bits per heavy atom. The number of carbonyl (C=O) groups is 1. The average molecular weight is 242 g/mol. The Morgan fingerprint density at radius 3 is 2.65 bits per heavy atom. The maximum Gasteiger partial charge on any atom is 0.243 e. The Kier molecular flexibility index (Phi) is 4.95. The fraction of sp³-hybridized carbons (Fsp3) is 0.923. The number of methoxy groups -OCH3 is 1. The first-order chi connectivity index (χ1) is 7.98. The van der Waals surface area contributed by atoms with E-state index in [0.717, 1.165) is 19.4 Å². The van der Waals surface area contributed by atoms with Gasteiger partial charge >= 0.3 is 0 Å². The van der Waals surface area contributed by atoms with Crippen molar-refractivity contribution in [3.8, 4) is 0 Å². The third-order valence-electron chi connectivity index (χ3n) is 3.65. The summed E-state index contributed by atoms with van der Waals surface area (Å²) in [5, 5.41) is 3.45. The van der Waals surface area contributed by atoms with E-state index in [-0.39, 0.29) is 17.6 Å². The smallest absolute Gasteiger partial charge is 0.243 e. The molecule has 0 aliphatic carbocycles. The molecular weight excluding hydrogens is 216 g/mol. The highest BCUT2D eigenvalue weighted by molar-refractivity contribution is 5.88. The third-order valence-corrected chi connectivity index (χ3v) is 3.65. The van der Waals surface area contributed by atoms with Crippen LogP contribution in [0.25, 0.3) is 0 Å². The molecule has 1 amide bonds. The molecular formula is C13H26N2O2. The molecule has 0 radical (unpaired) electrons. The highest BCUT2D eigenvalue weighted by atomic mass is 16.5. The summed E-state index contributed by atoms with van der Waals surface area (Å²) < 4.78 is 5.14. The van der Waals surface area contributed by atoms with Crippen LogP contribution in [-0.2, 0) is 9.53 Å². The van der Waals surface area contributed by atoms with E-state index in [1.165, 1.54) is 0 Å². The predicted molar refractivity (Wildman–Crippen MR) is 68.7 cm³/mol. The van der Waals surface area contributed by atoms with E-state index >= 15 is 0 Å². The SMILES string of the molecule is CCC1NC(C)(CC)C(=O)N1CC(C)COC. The number of ether oxygens (including phenoxy) is 1. The molecule has 0 aromatic heterocycles. The van der Waals surface area contributed by atoms with Crippen molar-refractivity contribution in [2.75, 3.05) is 20.3 Å². The van der Waals surface area contributed by atoms with Crippen molar-refractivity contribution in [3.63, 3.8) is 0 Å². The molecule has 0 bridgehead atoms. The normalized spacial score (nSPS) is 31.0. The number of amides is 1. The molecule has 1 fully saturated rings. The lowest BCUT2D eigenvalue weighted by Gasteiger charge is -2.26. The number of nitrogens with one attached hydrogen (secondary N) is 1. The maximum absolute atomic E-state index is 12.4. The maximum atomic E-state index is 12.4. The lowest BCUT2D eigenvalue weighted by atomic mass is 9.99. The molecule has 1 aliphatic rings. The van der Waals surface area contributed by atoms with Gasteiger partial charge in [0.25, 0.3) is 0 Å². The van der Waals surface area contributed by atoms with Gasteiger partial charge in [0.2, 0.25) is 5.91 Å². The summed E-state index contributed by atoms with van der Waals surface area (Å²) in [6, 6.07) is 0. The standard InChI is InChI=1S/C13H26N2O2/c1-6-11-14-13(4,7-2)12(16)15(11)8-10(3)9-17-5/h10-11,14H,6-9H2,1-5H3. The number of rotatable bonds is 6. The van der Waals surface area contributed by atoms with Gasteiger partial charge in [0.05, 0.1) is 18.3 Å². The van der Waals surface area contributed by atoms with E-state index in [4.69, 9.17) is 4.74 Å². The lowest BCUT2D eigenvalue weighted by Crippen LogP contribution is -2.43. The van der Waals surface area contributed by atoms with Crippen molar-refractivity contribution in [2.45, 2.75) is 52.2 Å². The molecule has 4 nitrogen and oxygen atoms in total. The van der Waals surface area contributed by atoms with Crippen molar-refractivity contribution >= 4 is 5.91 Å². The van der Waals surface area contributed by atoms with Gasteiger partial charge in [0.1, 0.15) is 0 Å². The molecule has 3 atom stereocenters. The topological polar surface area (TPSA) is 41.6 Å². The van der Waals surface area contributed by atoms with Gasteiger partial charge in [-0.25, -0.2) is 0 Å².